The lowest BCUT2D eigenvalue weighted by Gasteiger charge is -2.20. The molecule has 20 heavy (non-hydrogen) atoms. The highest BCUT2D eigenvalue weighted by Gasteiger charge is 2.19. The molecular weight excluding hydrogens is 300 g/mol. The minimum Gasteiger partial charge on any atom is -0.391 e. The normalized spacial score (nSPS) is 13.4. The highest BCUT2D eigenvalue weighted by molar-refractivity contribution is 6.31. The number of benzene rings is 2. The average molecular weight is 316 g/mol. The smallest absolute Gasteiger partial charge is 0.124 e. The molecule has 0 saturated carbocycles. The maximum atomic E-state index is 13.0. The first-order valence-electron chi connectivity index (χ1n) is 6.00. The summed E-state index contributed by atoms with van der Waals surface area (Å²) in [5.41, 5.74) is 7.52. The Morgan fingerprint density at radius 3 is 2.40 bits per heavy atom. The molecule has 108 valence electrons. The van der Waals surface area contributed by atoms with Gasteiger partial charge in [-0.25, -0.2) is 4.39 Å². The molecule has 0 aliphatic rings. The maximum Gasteiger partial charge on any atom is 0.124 e. The fourth-order valence-corrected chi connectivity index (χ4v) is 2.25. The van der Waals surface area contributed by atoms with Crippen LogP contribution in [0.4, 0.5) is 4.39 Å². The number of aliphatic hydroxyl groups excluding tert-OH is 1. The Balaban J connectivity index is 0.00000200. The van der Waals surface area contributed by atoms with Crippen molar-refractivity contribution in [2.45, 2.75) is 18.6 Å². The van der Waals surface area contributed by atoms with Crippen LogP contribution in [0.5, 0.6) is 0 Å². The van der Waals surface area contributed by atoms with Crippen LogP contribution in [0.2, 0.25) is 5.02 Å². The summed E-state index contributed by atoms with van der Waals surface area (Å²) in [4.78, 5) is 0. The van der Waals surface area contributed by atoms with Crippen molar-refractivity contribution in [3.63, 3.8) is 0 Å². The highest BCUT2D eigenvalue weighted by Crippen LogP contribution is 2.25. The lowest BCUT2D eigenvalue weighted by molar-refractivity contribution is 0.145. The van der Waals surface area contributed by atoms with Gasteiger partial charge in [0.2, 0.25) is 0 Å². The first-order valence-corrected chi connectivity index (χ1v) is 6.38. The topological polar surface area (TPSA) is 46.2 Å². The lowest BCUT2D eigenvalue weighted by Crippen LogP contribution is -2.28. The summed E-state index contributed by atoms with van der Waals surface area (Å²) in [7, 11) is 0. The van der Waals surface area contributed by atoms with Crippen molar-refractivity contribution < 1.29 is 9.50 Å². The van der Waals surface area contributed by atoms with E-state index in [2.05, 4.69) is 0 Å². The van der Waals surface area contributed by atoms with Crippen molar-refractivity contribution in [3.8, 4) is 0 Å². The van der Waals surface area contributed by atoms with Gasteiger partial charge in [0.15, 0.2) is 0 Å². The van der Waals surface area contributed by atoms with Crippen LogP contribution in [0.25, 0.3) is 0 Å². The van der Waals surface area contributed by atoms with Crippen LogP contribution in [-0.2, 0) is 6.42 Å². The van der Waals surface area contributed by atoms with Crippen LogP contribution in [0.3, 0.4) is 0 Å². The second kappa shape index (κ2) is 7.60. The van der Waals surface area contributed by atoms with E-state index in [9.17, 15) is 9.50 Å². The first-order chi connectivity index (χ1) is 9.08. The molecule has 2 atom stereocenters. The van der Waals surface area contributed by atoms with Gasteiger partial charge in [0.25, 0.3) is 0 Å². The van der Waals surface area contributed by atoms with Gasteiger partial charge in [-0.3, -0.25) is 0 Å². The minimum atomic E-state index is -0.773. The zero-order chi connectivity index (χ0) is 13.8. The number of rotatable bonds is 4. The van der Waals surface area contributed by atoms with Crippen molar-refractivity contribution in [1.29, 1.82) is 0 Å². The van der Waals surface area contributed by atoms with Crippen LogP contribution in [0, 0.1) is 5.82 Å². The van der Waals surface area contributed by atoms with E-state index < -0.39 is 18.0 Å². The van der Waals surface area contributed by atoms with Crippen LogP contribution in [-0.4, -0.2) is 11.2 Å². The molecule has 0 amide bonds. The summed E-state index contributed by atoms with van der Waals surface area (Å²) in [5, 5.41) is 10.4. The highest BCUT2D eigenvalue weighted by atomic mass is 35.5. The van der Waals surface area contributed by atoms with E-state index in [1.54, 1.807) is 0 Å². The number of nitrogens with two attached hydrogens (primary N) is 1. The molecule has 2 aromatic carbocycles. The number of hydrogen-bond donors (Lipinski definition) is 2. The molecular formula is C15H16Cl2FNO. The fraction of sp³-hybridized carbons (Fsp3) is 0.200. The Kier molecular flexibility index (Phi) is 6.43. The van der Waals surface area contributed by atoms with E-state index in [1.165, 1.54) is 18.2 Å². The Bertz CT molecular complexity index is 551. The molecule has 2 aromatic rings. The van der Waals surface area contributed by atoms with Crippen LogP contribution >= 0.6 is 24.0 Å². The third kappa shape index (κ3) is 4.18. The molecule has 0 aliphatic heterocycles. The fourth-order valence-electron chi connectivity index (χ4n) is 1.96. The van der Waals surface area contributed by atoms with E-state index in [4.69, 9.17) is 17.3 Å². The van der Waals surface area contributed by atoms with Gasteiger partial charge in [-0.2, -0.15) is 0 Å². The summed E-state index contributed by atoms with van der Waals surface area (Å²) in [6, 6.07) is 12.9. The number of halogens is 3. The molecule has 0 unspecified atom stereocenters. The monoisotopic (exact) mass is 315 g/mol. The third-order valence-corrected chi connectivity index (χ3v) is 3.35. The summed E-state index contributed by atoms with van der Waals surface area (Å²) in [6.45, 7) is 0. The molecule has 0 heterocycles. The van der Waals surface area contributed by atoms with Gasteiger partial charge in [0.05, 0.1) is 12.1 Å². The molecule has 0 spiro atoms. The van der Waals surface area contributed by atoms with E-state index in [-0.39, 0.29) is 17.4 Å². The maximum absolute atomic E-state index is 13.0. The Morgan fingerprint density at radius 2 is 1.80 bits per heavy atom. The van der Waals surface area contributed by atoms with Crippen LogP contribution in [0.15, 0.2) is 48.5 Å². The summed E-state index contributed by atoms with van der Waals surface area (Å²) in [6.07, 6.45) is -0.347. The van der Waals surface area contributed by atoms with Gasteiger partial charge < -0.3 is 10.8 Å². The first kappa shape index (κ1) is 16.9. The second-order valence-corrected chi connectivity index (χ2v) is 4.86. The van der Waals surface area contributed by atoms with Crippen molar-refractivity contribution in [2.75, 3.05) is 0 Å². The van der Waals surface area contributed by atoms with Gasteiger partial charge >= 0.3 is 0 Å². The largest absolute Gasteiger partial charge is 0.391 e. The zero-order valence-corrected chi connectivity index (χ0v) is 12.2. The van der Waals surface area contributed by atoms with Crippen LogP contribution in [0.1, 0.15) is 17.2 Å². The van der Waals surface area contributed by atoms with Crippen molar-refractivity contribution >= 4 is 24.0 Å². The number of hydrogen-bond acceptors (Lipinski definition) is 2. The molecule has 0 saturated heterocycles. The molecule has 3 N–H and O–H groups in total. The zero-order valence-electron chi connectivity index (χ0n) is 10.7. The quantitative estimate of drug-likeness (QED) is 0.907. The predicted molar refractivity (Wildman–Crippen MR) is 81.7 cm³/mol. The summed E-state index contributed by atoms with van der Waals surface area (Å²) >= 11 is 5.94. The summed E-state index contributed by atoms with van der Waals surface area (Å²) in [5.74, 6) is -0.418. The molecule has 0 radical (unpaired) electrons. The standard InChI is InChI=1S/C15H15ClFNO.ClH/c16-13-9-11(17)6-7-12(13)15(18)14(19)8-10-4-2-1-3-5-10;/h1-7,9,14-15,19H,8,18H2;1H/t14-,15+;/m1./s1. The Morgan fingerprint density at radius 1 is 1.15 bits per heavy atom. The van der Waals surface area contributed by atoms with Crippen LogP contribution < -0.4 is 5.73 Å². The van der Waals surface area contributed by atoms with E-state index >= 15 is 0 Å². The van der Waals surface area contributed by atoms with E-state index in [1.807, 2.05) is 30.3 Å². The van der Waals surface area contributed by atoms with Crippen molar-refractivity contribution in [1.82, 2.24) is 0 Å². The molecule has 0 aromatic heterocycles. The Hall–Kier alpha value is -1.13. The minimum absolute atomic E-state index is 0. The second-order valence-electron chi connectivity index (χ2n) is 4.45. The molecule has 5 heteroatoms. The van der Waals surface area contributed by atoms with Gasteiger partial charge in [-0.1, -0.05) is 48.0 Å². The molecule has 0 aliphatic carbocycles. The third-order valence-electron chi connectivity index (χ3n) is 3.02. The molecule has 2 rings (SSSR count). The van der Waals surface area contributed by atoms with E-state index in [0.29, 0.717) is 12.0 Å². The van der Waals surface area contributed by atoms with E-state index in [0.717, 1.165) is 5.56 Å². The predicted octanol–water partition coefficient (Wildman–Crippen LogP) is 3.50. The van der Waals surface area contributed by atoms with Gasteiger partial charge in [0, 0.05) is 11.4 Å². The van der Waals surface area contributed by atoms with Gasteiger partial charge in [0.1, 0.15) is 5.82 Å². The SMILES string of the molecule is Cl.N[C@@H](c1ccc(F)cc1Cl)[C@H](O)Cc1ccccc1. The van der Waals surface area contributed by atoms with Crippen molar-refractivity contribution in [3.05, 3.63) is 70.5 Å². The molecule has 0 bridgehead atoms. The van der Waals surface area contributed by atoms with Crippen molar-refractivity contribution in [2.24, 2.45) is 5.73 Å². The Labute approximate surface area is 128 Å². The number of aliphatic hydroxyl groups is 1. The molecule has 0 fully saturated rings. The summed E-state index contributed by atoms with van der Waals surface area (Å²) < 4.78 is 13.0. The molecule has 2 nitrogen and oxygen atoms in total. The van der Waals surface area contributed by atoms with Gasteiger partial charge in [-0.15, -0.1) is 12.4 Å². The van der Waals surface area contributed by atoms with Gasteiger partial charge in [-0.05, 0) is 23.3 Å². The average Bonchev–Trinajstić information content (AvgIpc) is 2.39. The lowest BCUT2D eigenvalue weighted by atomic mass is 9.97.